The van der Waals surface area contributed by atoms with Crippen LogP contribution in [0, 0.1) is 12.8 Å². The Morgan fingerprint density at radius 1 is 1.00 bits per heavy atom. The van der Waals surface area contributed by atoms with Crippen LogP contribution in [0.15, 0.2) is 0 Å². The summed E-state index contributed by atoms with van der Waals surface area (Å²) in [6, 6.07) is 0. The largest absolute Gasteiger partial charge is 0.159 e. The number of rotatable bonds is 4. The van der Waals surface area contributed by atoms with Gasteiger partial charge in [0.2, 0.25) is 0 Å². The predicted molar refractivity (Wildman–Crippen MR) is 61.7 cm³/mol. The molecule has 1 fully saturated rings. The number of hydrogen-bond acceptors (Lipinski definition) is 2. The first kappa shape index (κ1) is 10.8. The molecule has 2 heteroatoms. The van der Waals surface area contributed by atoms with Crippen molar-refractivity contribution in [2.75, 3.05) is 11.5 Å². The summed E-state index contributed by atoms with van der Waals surface area (Å²) in [5.41, 5.74) is 0. The van der Waals surface area contributed by atoms with Crippen LogP contribution in [0.5, 0.6) is 0 Å². The van der Waals surface area contributed by atoms with Crippen LogP contribution >= 0.6 is 23.5 Å². The molecule has 0 bridgehead atoms. The summed E-state index contributed by atoms with van der Waals surface area (Å²) in [4.78, 5) is 0. The lowest BCUT2D eigenvalue weighted by Gasteiger charge is -2.26. The summed E-state index contributed by atoms with van der Waals surface area (Å²) in [5, 5.41) is 1.62. The second kappa shape index (κ2) is 6.20. The van der Waals surface area contributed by atoms with E-state index in [0.29, 0.717) is 0 Å². The molecule has 0 aliphatic heterocycles. The van der Waals surface area contributed by atoms with Crippen LogP contribution in [0.2, 0.25) is 0 Å². The van der Waals surface area contributed by atoms with Gasteiger partial charge in [-0.15, -0.1) is 0 Å². The van der Waals surface area contributed by atoms with Crippen molar-refractivity contribution in [3.05, 3.63) is 12.8 Å². The van der Waals surface area contributed by atoms with E-state index >= 15 is 0 Å². The lowest BCUT2D eigenvalue weighted by Crippen LogP contribution is -2.19. The first-order chi connectivity index (χ1) is 5.86. The highest BCUT2D eigenvalue weighted by molar-refractivity contribution is 8.00. The first-order valence-electron chi connectivity index (χ1n) is 4.76. The van der Waals surface area contributed by atoms with E-state index < -0.39 is 0 Å². The minimum atomic E-state index is 0.809. The van der Waals surface area contributed by atoms with Gasteiger partial charge >= 0.3 is 0 Å². The van der Waals surface area contributed by atoms with Crippen LogP contribution in [0.4, 0.5) is 0 Å². The maximum Gasteiger partial charge on any atom is 0.00818 e. The zero-order valence-electron chi connectivity index (χ0n) is 7.95. The quantitative estimate of drug-likeness (QED) is 0.685. The highest BCUT2D eigenvalue weighted by Gasteiger charge is 2.20. The topological polar surface area (TPSA) is 0 Å². The fourth-order valence-electron chi connectivity index (χ4n) is 1.46. The zero-order chi connectivity index (χ0) is 8.81. The molecule has 2 unspecified atom stereocenters. The highest BCUT2D eigenvalue weighted by atomic mass is 32.2. The van der Waals surface area contributed by atoms with Gasteiger partial charge in [-0.25, -0.2) is 0 Å². The fraction of sp³-hybridized carbons (Fsp3) is 0.800. The molecule has 0 aromatic carbocycles. The minimum absolute atomic E-state index is 0.809. The van der Waals surface area contributed by atoms with Gasteiger partial charge in [0, 0.05) is 10.5 Å². The molecule has 0 aromatic heterocycles. The third-order valence-corrected chi connectivity index (χ3v) is 4.32. The maximum absolute atomic E-state index is 2.50. The molecule has 0 amide bonds. The van der Waals surface area contributed by atoms with Crippen molar-refractivity contribution in [2.24, 2.45) is 0 Å². The molecule has 0 saturated heterocycles. The lowest BCUT2D eigenvalue weighted by atomic mass is 10.00. The van der Waals surface area contributed by atoms with Gasteiger partial charge in [0.05, 0.1) is 0 Å². The van der Waals surface area contributed by atoms with Crippen LogP contribution in [0.1, 0.15) is 26.7 Å². The monoisotopic (exact) mass is 202 g/mol. The average Bonchev–Trinajstić information content (AvgIpc) is 2.09. The second-order valence-electron chi connectivity index (χ2n) is 2.93. The van der Waals surface area contributed by atoms with E-state index in [1.807, 2.05) is 0 Å². The lowest BCUT2D eigenvalue weighted by molar-refractivity contribution is 0.738. The normalized spacial score (nSPS) is 30.5. The Morgan fingerprint density at radius 2 is 1.42 bits per heavy atom. The number of thioether (sulfide) groups is 2. The molecule has 0 N–H and O–H groups in total. The summed E-state index contributed by atoms with van der Waals surface area (Å²) in [6.45, 7) is 4.48. The summed E-state index contributed by atoms with van der Waals surface area (Å²) >= 11 is 4.15. The van der Waals surface area contributed by atoms with Gasteiger partial charge in [-0.2, -0.15) is 23.5 Å². The van der Waals surface area contributed by atoms with Gasteiger partial charge in [0.25, 0.3) is 0 Å². The molecular weight excluding hydrogens is 184 g/mol. The average molecular weight is 202 g/mol. The van der Waals surface area contributed by atoms with E-state index in [-0.39, 0.29) is 0 Å². The van der Waals surface area contributed by atoms with Gasteiger partial charge in [-0.3, -0.25) is 0 Å². The molecular formula is C10H18S2. The molecule has 0 aromatic rings. The molecule has 1 saturated carbocycles. The van der Waals surface area contributed by atoms with Crippen molar-refractivity contribution < 1.29 is 0 Å². The molecule has 70 valence electrons. The third-order valence-electron chi connectivity index (χ3n) is 2.02. The van der Waals surface area contributed by atoms with E-state index in [1.165, 1.54) is 24.3 Å². The van der Waals surface area contributed by atoms with Crippen molar-refractivity contribution in [3.63, 3.8) is 0 Å². The highest BCUT2D eigenvalue weighted by Crippen LogP contribution is 2.32. The van der Waals surface area contributed by atoms with Crippen LogP contribution in [-0.2, 0) is 0 Å². The van der Waals surface area contributed by atoms with Gasteiger partial charge in [0.15, 0.2) is 0 Å². The van der Waals surface area contributed by atoms with Crippen molar-refractivity contribution >= 4 is 23.5 Å². The van der Waals surface area contributed by atoms with E-state index in [4.69, 9.17) is 0 Å². The first-order valence-corrected chi connectivity index (χ1v) is 6.86. The van der Waals surface area contributed by atoms with Crippen molar-refractivity contribution in [3.8, 4) is 0 Å². The Bertz CT molecular complexity index is 92.4. The molecule has 1 rings (SSSR count). The van der Waals surface area contributed by atoms with Gasteiger partial charge in [-0.05, 0) is 37.2 Å². The molecule has 12 heavy (non-hydrogen) atoms. The Morgan fingerprint density at radius 3 is 1.67 bits per heavy atom. The minimum Gasteiger partial charge on any atom is -0.159 e. The Balaban J connectivity index is 2.11. The Labute approximate surface area is 85.3 Å². The predicted octanol–water partition coefficient (Wildman–Crippen LogP) is 3.43. The van der Waals surface area contributed by atoms with Gasteiger partial charge in [0.1, 0.15) is 0 Å². The van der Waals surface area contributed by atoms with E-state index in [1.54, 1.807) is 0 Å². The molecule has 1 aliphatic rings. The van der Waals surface area contributed by atoms with Crippen LogP contribution in [0.25, 0.3) is 0 Å². The molecule has 0 spiro atoms. The Hall–Kier alpha value is 0.700. The zero-order valence-corrected chi connectivity index (χ0v) is 9.59. The standard InChI is InChI=1S/C10H18S2/c1-3-11-9-5-7-10(8-6-9)12-4-2/h5,8-10H,3-4,6-7H2,1-2H3. The molecule has 2 atom stereocenters. The molecule has 0 heterocycles. The third kappa shape index (κ3) is 3.61. The Kier molecular flexibility index (Phi) is 5.57. The summed E-state index contributed by atoms with van der Waals surface area (Å²) < 4.78 is 0. The van der Waals surface area contributed by atoms with Crippen molar-refractivity contribution in [2.45, 2.75) is 37.2 Å². The van der Waals surface area contributed by atoms with E-state index in [0.717, 1.165) is 10.5 Å². The van der Waals surface area contributed by atoms with Crippen LogP contribution in [0.3, 0.4) is 0 Å². The van der Waals surface area contributed by atoms with E-state index in [2.05, 4.69) is 50.2 Å². The smallest absolute Gasteiger partial charge is 0.00818 e. The van der Waals surface area contributed by atoms with Crippen molar-refractivity contribution in [1.29, 1.82) is 0 Å². The molecule has 2 radical (unpaired) electrons. The SMILES string of the molecule is CCSC1[CH]CC(SCC)[CH]C1. The number of hydrogen-bond donors (Lipinski definition) is 0. The molecule has 1 aliphatic carbocycles. The summed E-state index contributed by atoms with van der Waals surface area (Å²) in [6.07, 6.45) is 7.58. The fourth-order valence-corrected chi connectivity index (χ4v) is 3.31. The van der Waals surface area contributed by atoms with E-state index in [9.17, 15) is 0 Å². The van der Waals surface area contributed by atoms with Crippen LogP contribution in [-0.4, -0.2) is 22.0 Å². The van der Waals surface area contributed by atoms with Crippen molar-refractivity contribution in [1.82, 2.24) is 0 Å². The van der Waals surface area contributed by atoms with Gasteiger partial charge in [-0.1, -0.05) is 13.8 Å². The second-order valence-corrected chi connectivity index (χ2v) is 5.96. The summed E-state index contributed by atoms with van der Waals surface area (Å²) in [7, 11) is 0. The van der Waals surface area contributed by atoms with Gasteiger partial charge < -0.3 is 0 Å². The molecule has 0 nitrogen and oxygen atoms in total. The summed E-state index contributed by atoms with van der Waals surface area (Å²) in [5.74, 6) is 2.50. The maximum atomic E-state index is 2.50. The van der Waals surface area contributed by atoms with Crippen LogP contribution < -0.4 is 0 Å².